The van der Waals surface area contributed by atoms with Crippen LogP contribution in [-0.2, 0) is 10.0 Å². The summed E-state index contributed by atoms with van der Waals surface area (Å²) >= 11 is 0. The van der Waals surface area contributed by atoms with E-state index >= 15 is 0 Å². The topological polar surface area (TPSA) is 97.5 Å². The summed E-state index contributed by atoms with van der Waals surface area (Å²) in [4.78, 5) is 6.32. The molecule has 0 amide bonds. The van der Waals surface area contributed by atoms with Gasteiger partial charge >= 0.3 is 0 Å². The molecule has 0 aliphatic carbocycles. The molecule has 2 fully saturated rings. The molecule has 1 aromatic rings. The molecule has 0 radical (unpaired) electrons. The number of piperidine rings is 2. The molecule has 7 nitrogen and oxygen atoms in total. The number of aromatic nitrogens is 1. The molecule has 2 aliphatic rings. The van der Waals surface area contributed by atoms with E-state index in [0.717, 1.165) is 0 Å². The van der Waals surface area contributed by atoms with Gasteiger partial charge in [-0.15, -0.1) is 0 Å². The van der Waals surface area contributed by atoms with E-state index in [1.54, 1.807) is 18.3 Å². The van der Waals surface area contributed by atoms with Crippen molar-refractivity contribution in [2.75, 3.05) is 37.3 Å². The molecule has 3 rings (SSSR count). The Labute approximate surface area is 136 Å². The number of rotatable bonds is 2. The zero-order chi connectivity index (χ0) is 16.7. The number of aliphatic hydroxyl groups is 1. The molecule has 2 saturated heterocycles. The van der Waals surface area contributed by atoms with E-state index in [1.165, 1.54) is 10.6 Å². The Morgan fingerprint density at radius 2 is 2.13 bits per heavy atom. The zero-order valence-electron chi connectivity index (χ0n) is 13.0. The van der Waals surface area contributed by atoms with Crippen LogP contribution in [0.25, 0.3) is 0 Å². The van der Waals surface area contributed by atoms with Gasteiger partial charge in [0.05, 0.1) is 23.5 Å². The van der Waals surface area contributed by atoms with Crippen molar-refractivity contribution < 1.29 is 13.5 Å². The minimum atomic E-state index is -3.25. The van der Waals surface area contributed by atoms with Crippen molar-refractivity contribution in [1.29, 1.82) is 5.26 Å². The third kappa shape index (κ3) is 3.17. The number of sulfonamides is 1. The van der Waals surface area contributed by atoms with Crippen molar-refractivity contribution in [3.63, 3.8) is 0 Å². The highest BCUT2D eigenvalue weighted by atomic mass is 32.2. The maximum absolute atomic E-state index is 11.8. The van der Waals surface area contributed by atoms with Crippen LogP contribution in [0.1, 0.15) is 18.4 Å². The van der Waals surface area contributed by atoms with E-state index in [0.29, 0.717) is 50.4 Å². The van der Waals surface area contributed by atoms with Gasteiger partial charge in [-0.1, -0.05) is 0 Å². The van der Waals surface area contributed by atoms with Crippen molar-refractivity contribution in [3.05, 3.63) is 23.9 Å². The molecule has 2 atom stereocenters. The molecule has 8 heteroatoms. The fourth-order valence-electron chi connectivity index (χ4n) is 3.44. The normalized spacial score (nSPS) is 28.9. The molecule has 1 N–H and O–H groups in total. The minimum Gasteiger partial charge on any atom is -0.389 e. The molecule has 0 bridgehead atoms. The molecule has 23 heavy (non-hydrogen) atoms. The summed E-state index contributed by atoms with van der Waals surface area (Å²) in [5.41, 5.74) is -0.276. The summed E-state index contributed by atoms with van der Waals surface area (Å²) < 4.78 is 25.0. The van der Waals surface area contributed by atoms with Crippen LogP contribution in [0.5, 0.6) is 0 Å². The smallest absolute Gasteiger partial charge is 0.211 e. The third-order valence-corrected chi connectivity index (χ3v) is 6.17. The maximum atomic E-state index is 11.8. The van der Waals surface area contributed by atoms with Crippen LogP contribution in [0.2, 0.25) is 0 Å². The zero-order valence-corrected chi connectivity index (χ0v) is 13.8. The summed E-state index contributed by atoms with van der Waals surface area (Å²) in [5, 5.41) is 19.8. The SMILES string of the molecule is CS(=O)(=O)N1CC[C@]2(O)CCN(c3cc(C#N)ccn3)C[C@@H]2C1. The third-order valence-electron chi connectivity index (χ3n) is 4.90. The van der Waals surface area contributed by atoms with Crippen LogP contribution >= 0.6 is 0 Å². The number of anilines is 1. The molecule has 0 unspecified atom stereocenters. The Hall–Kier alpha value is -1.69. The van der Waals surface area contributed by atoms with Gasteiger partial charge in [-0.25, -0.2) is 17.7 Å². The Bertz CT molecular complexity index is 745. The second-order valence-electron chi connectivity index (χ2n) is 6.38. The molecule has 124 valence electrons. The van der Waals surface area contributed by atoms with Gasteiger partial charge in [0.2, 0.25) is 10.0 Å². The van der Waals surface area contributed by atoms with Gasteiger partial charge in [-0.2, -0.15) is 5.26 Å². The van der Waals surface area contributed by atoms with Crippen molar-refractivity contribution in [1.82, 2.24) is 9.29 Å². The van der Waals surface area contributed by atoms with Gasteiger partial charge in [0.15, 0.2) is 0 Å². The van der Waals surface area contributed by atoms with Gasteiger partial charge in [0, 0.05) is 38.3 Å². The first kappa shape index (κ1) is 16.2. The number of nitriles is 1. The lowest BCUT2D eigenvalue weighted by Gasteiger charge is -2.49. The monoisotopic (exact) mass is 336 g/mol. The van der Waals surface area contributed by atoms with Crippen molar-refractivity contribution in [3.8, 4) is 6.07 Å². The first-order valence-corrected chi connectivity index (χ1v) is 9.45. The fourth-order valence-corrected chi connectivity index (χ4v) is 4.32. The Morgan fingerprint density at radius 1 is 1.39 bits per heavy atom. The molecular formula is C15H20N4O3S. The molecule has 1 aromatic heterocycles. The molecule has 0 saturated carbocycles. The number of pyridine rings is 1. The highest BCUT2D eigenvalue weighted by molar-refractivity contribution is 7.88. The predicted molar refractivity (Wildman–Crippen MR) is 85.3 cm³/mol. The number of nitrogens with zero attached hydrogens (tertiary/aromatic N) is 4. The lowest BCUT2D eigenvalue weighted by Crippen LogP contribution is -2.60. The summed E-state index contributed by atoms with van der Waals surface area (Å²) in [5.74, 6) is 0.537. The predicted octanol–water partition coefficient (Wildman–Crippen LogP) is 0.176. The van der Waals surface area contributed by atoms with Crippen molar-refractivity contribution in [2.45, 2.75) is 18.4 Å². The lowest BCUT2D eigenvalue weighted by molar-refractivity contribution is -0.0688. The number of fused-ring (bicyclic) bond motifs is 1. The van der Waals surface area contributed by atoms with Crippen LogP contribution in [-0.4, -0.2) is 60.8 Å². The largest absolute Gasteiger partial charge is 0.389 e. The Balaban J connectivity index is 1.80. The lowest BCUT2D eigenvalue weighted by atomic mass is 9.76. The average molecular weight is 336 g/mol. The maximum Gasteiger partial charge on any atom is 0.211 e. The second-order valence-corrected chi connectivity index (χ2v) is 8.36. The van der Waals surface area contributed by atoms with Gasteiger partial charge in [0.1, 0.15) is 5.82 Å². The van der Waals surface area contributed by atoms with E-state index in [1.807, 2.05) is 4.90 Å². The first-order chi connectivity index (χ1) is 10.8. The van der Waals surface area contributed by atoms with Crippen LogP contribution < -0.4 is 4.90 Å². The highest BCUT2D eigenvalue weighted by Gasteiger charge is 2.46. The van der Waals surface area contributed by atoms with E-state index < -0.39 is 15.6 Å². The number of hydrogen-bond donors (Lipinski definition) is 1. The molecule has 0 spiro atoms. The molecule has 0 aromatic carbocycles. The summed E-state index contributed by atoms with van der Waals surface area (Å²) in [6.07, 6.45) is 3.84. The van der Waals surface area contributed by atoms with E-state index in [-0.39, 0.29) is 5.92 Å². The fraction of sp³-hybridized carbons (Fsp3) is 0.600. The van der Waals surface area contributed by atoms with Crippen LogP contribution in [0.4, 0.5) is 5.82 Å². The molecule has 2 aliphatic heterocycles. The molecular weight excluding hydrogens is 316 g/mol. The van der Waals surface area contributed by atoms with Crippen molar-refractivity contribution in [2.24, 2.45) is 5.92 Å². The van der Waals surface area contributed by atoms with Crippen LogP contribution in [0.3, 0.4) is 0 Å². The van der Waals surface area contributed by atoms with Crippen molar-refractivity contribution >= 4 is 15.8 Å². The van der Waals surface area contributed by atoms with E-state index in [2.05, 4.69) is 11.1 Å². The second kappa shape index (κ2) is 5.74. The summed E-state index contributed by atoms with van der Waals surface area (Å²) in [7, 11) is -3.25. The van der Waals surface area contributed by atoms with Gasteiger partial charge < -0.3 is 10.0 Å². The van der Waals surface area contributed by atoms with Gasteiger partial charge in [-0.05, 0) is 25.0 Å². The molecule has 3 heterocycles. The van der Waals surface area contributed by atoms with Gasteiger partial charge in [-0.3, -0.25) is 0 Å². The standard InChI is InChI=1S/C15H20N4O3S/c1-23(21,22)19-7-4-15(20)3-6-18(10-13(15)11-19)14-8-12(9-16)2-5-17-14/h2,5,8,13,20H,3-4,6-7,10-11H2,1H3/t13-,15-/m1/s1. The summed E-state index contributed by atoms with van der Waals surface area (Å²) in [6, 6.07) is 5.47. The Morgan fingerprint density at radius 3 is 2.83 bits per heavy atom. The average Bonchev–Trinajstić information content (AvgIpc) is 2.52. The Kier molecular flexibility index (Phi) is 4.04. The van der Waals surface area contributed by atoms with Gasteiger partial charge in [0.25, 0.3) is 0 Å². The summed E-state index contributed by atoms with van der Waals surface area (Å²) in [6.45, 7) is 1.87. The quantitative estimate of drug-likeness (QED) is 0.827. The van der Waals surface area contributed by atoms with Crippen LogP contribution in [0, 0.1) is 17.2 Å². The highest BCUT2D eigenvalue weighted by Crippen LogP contribution is 2.37. The first-order valence-electron chi connectivity index (χ1n) is 7.60. The van der Waals surface area contributed by atoms with E-state index in [4.69, 9.17) is 5.26 Å². The van der Waals surface area contributed by atoms with E-state index in [9.17, 15) is 13.5 Å². The minimum absolute atomic E-state index is 0.160. The number of hydrogen-bond acceptors (Lipinski definition) is 6. The van der Waals surface area contributed by atoms with Crippen LogP contribution in [0.15, 0.2) is 18.3 Å².